The molecule has 1 aromatic carbocycles. The van der Waals surface area contributed by atoms with Gasteiger partial charge in [0, 0.05) is 17.0 Å². The lowest BCUT2D eigenvalue weighted by Crippen LogP contribution is -2.48. The first-order chi connectivity index (χ1) is 8.68. The molecule has 0 aliphatic carbocycles. The van der Waals surface area contributed by atoms with Gasteiger partial charge in [-0.25, -0.2) is 0 Å². The van der Waals surface area contributed by atoms with Crippen molar-refractivity contribution in [1.29, 1.82) is 0 Å². The molecule has 0 N–H and O–H groups in total. The van der Waals surface area contributed by atoms with Crippen molar-refractivity contribution >= 4 is 17.7 Å². The second-order valence-corrected chi connectivity index (χ2v) is 6.08. The van der Waals surface area contributed by atoms with E-state index in [0.717, 1.165) is 12.8 Å². The Bertz CT molecular complexity index is 383. The van der Waals surface area contributed by atoms with Crippen molar-refractivity contribution in [2.45, 2.75) is 50.1 Å². The quantitative estimate of drug-likeness (QED) is 0.777. The van der Waals surface area contributed by atoms with Crippen LogP contribution in [0.3, 0.4) is 0 Å². The SMILES string of the molecule is C[C@H]1CCC[C@H](C)N1C(=O)CSc1ccccc1. The molecule has 0 saturated carbocycles. The van der Waals surface area contributed by atoms with Crippen LogP contribution in [0.25, 0.3) is 0 Å². The molecule has 1 aromatic rings. The van der Waals surface area contributed by atoms with Gasteiger partial charge in [-0.15, -0.1) is 11.8 Å². The minimum atomic E-state index is 0.281. The summed E-state index contributed by atoms with van der Waals surface area (Å²) >= 11 is 1.64. The third-order valence-corrected chi connectivity index (χ3v) is 4.58. The molecule has 18 heavy (non-hydrogen) atoms. The van der Waals surface area contributed by atoms with Gasteiger partial charge in [-0.1, -0.05) is 18.2 Å². The van der Waals surface area contributed by atoms with Gasteiger partial charge in [-0.05, 0) is 45.2 Å². The zero-order valence-corrected chi connectivity index (χ0v) is 12.0. The molecule has 0 spiro atoms. The highest BCUT2D eigenvalue weighted by Gasteiger charge is 2.28. The molecule has 1 fully saturated rings. The maximum absolute atomic E-state index is 12.3. The van der Waals surface area contributed by atoms with E-state index in [0.29, 0.717) is 17.8 Å². The monoisotopic (exact) mass is 263 g/mol. The number of thioether (sulfide) groups is 1. The summed E-state index contributed by atoms with van der Waals surface area (Å²) in [6.07, 6.45) is 3.54. The van der Waals surface area contributed by atoms with Gasteiger partial charge in [0.2, 0.25) is 5.91 Å². The number of carbonyl (C=O) groups is 1. The maximum atomic E-state index is 12.3. The molecule has 1 aliphatic rings. The summed E-state index contributed by atoms with van der Waals surface area (Å²) in [4.78, 5) is 15.5. The largest absolute Gasteiger partial charge is 0.337 e. The molecule has 2 rings (SSSR count). The third-order valence-electron chi connectivity index (χ3n) is 3.59. The number of carbonyl (C=O) groups excluding carboxylic acids is 1. The highest BCUT2D eigenvalue weighted by atomic mass is 32.2. The van der Waals surface area contributed by atoms with Gasteiger partial charge in [0.15, 0.2) is 0 Å². The highest BCUT2D eigenvalue weighted by Crippen LogP contribution is 2.25. The number of nitrogens with zero attached hydrogens (tertiary/aromatic N) is 1. The summed E-state index contributed by atoms with van der Waals surface area (Å²) < 4.78 is 0. The minimum absolute atomic E-state index is 0.281. The highest BCUT2D eigenvalue weighted by molar-refractivity contribution is 8.00. The Morgan fingerprint density at radius 2 is 1.83 bits per heavy atom. The standard InChI is InChI=1S/C15H21NOS/c1-12-7-6-8-13(2)16(12)15(17)11-18-14-9-4-3-5-10-14/h3-5,9-10,12-13H,6-8,11H2,1-2H3/t12-,13-/m0/s1. The second kappa shape index (κ2) is 6.28. The van der Waals surface area contributed by atoms with Crippen LogP contribution in [0.5, 0.6) is 0 Å². The number of benzene rings is 1. The zero-order chi connectivity index (χ0) is 13.0. The maximum Gasteiger partial charge on any atom is 0.233 e. The van der Waals surface area contributed by atoms with E-state index in [1.54, 1.807) is 11.8 Å². The first kappa shape index (κ1) is 13.5. The van der Waals surface area contributed by atoms with Gasteiger partial charge >= 0.3 is 0 Å². The van der Waals surface area contributed by atoms with Crippen LogP contribution in [0, 0.1) is 0 Å². The minimum Gasteiger partial charge on any atom is -0.337 e. The van der Waals surface area contributed by atoms with E-state index in [4.69, 9.17) is 0 Å². The second-order valence-electron chi connectivity index (χ2n) is 5.03. The number of likely N-dealkylation sites (tertiary alicyclic amines) is 1. The van der Waals surface area contributed by atoms with Crippen LogP contribution in [0.15, 0.2) is 35.2 Å². The van der Waals surface area contributed by atoms with E-state index < -0.39 is 0 Å². The van der Waals surface area contributed by atoms with Crippen molar-refractivity contribution in [3.8, 4) is 0 Å². The normalized spacial score (nSPS) is 24.0. The molecule has 98 valence electrons. The van der Waals surface area contributed by atoms with Crippen molar-refractivity contribution in [2.24, 2.45) is 0 Å². The number of piperidine rings is 1. The molecule has 2 nitrogen and oxygen atoms in total. The summed E-state index contributed by atoms with van der Waals surface area (Å²) in [5.74, 6) is 0.835. The fourth-order valence-electron chi connectivity index (χ4n) is 2.65. The van der Waals surface area contributed by atoms with E-state index in [2.05, 4.69) is 30.9 Å². The smallest absolute Gasteiger partial charge is 0.233 e. The Balaban J connectivity index is 1.91. The lowest BCUT2D eigenvalue weighted by molar-refractivity contribution is -0.134. The van der Waals surface area contributed by atoms with Crippen LogP contribution in [-0.4, -0.2) is 28.6 Å². The molecule has 1 amide bonds. The number of hydrogen-bond acceptors (Lipinski definition) is 2. The van der Waals surface area contributed by atoms with Crippen LogP contribution >= 0.6 is 11.8 Å². The summed E-state index contributed by atoms with van der Waals surface area (Å²) in [5, 5.41) is 0. The topological polar surface area (TPSA) is 20.3 Å². The molecule has 1 aliphatic heterocycles. The van der Waals surface area contributed by atoms with Gasteiger partial charge in [-0.2, -0.15) is 0 Å². The van der Waals surface area contributed by atoms with Gasteiger partial charge in [0.25, 0.3) is 0 Å². The van der Waals surface area contributed by atoms with E-state index in [1.165, 1.54) is 11.3 Å². The molecule has 3 heteroatoms. The first-order valence-corrected chi connectivity index (χ1v) is 7.66. The van der Waals surface area contributed by atoms with Crippen molar-refractivity contribution in [3.05, 3.63) is 30.3 Å². The fourth-order valence-corrected chi connectivity index (χ4v) is 3.44. The van der Waals surface area contributed by atoms with Crippen LogP contribution < -0.4 is 0 Å². The van der Waals surface area contributed by atoms with E-state index in [-0.39, 0.29) is 5.91 Å². The molecular formula is C15H21NOS. The summed E-state index contributed by atoms with van der Waals surface area (Å²) in [5.41, 5.74) is 0. The average Bonchev–Trinajstić information content (AvgIpc) is 2.37. The Hall–Kier alpha value is -0.960. The van der Waals surface area contributed by atoms with E-state index >= 15 is 0 Å². The van der Waals surface area contributed by atoms with Gasteiger partial charge in [-0.3, -0.25) is 4.79 Å². The first-order valence-electron chi connectivity index (χ1n) is 6.67. The van der Waals surface area contributed by atoms with Gasteiger partial charge in [0.1, 0.15) is 0 Å². The van der Waals surface area contributed by atoms with E-state index in [9.17, 15) is 4.79 Å². The molecule has 2 atom stereocenters. The van der Waals surface area contributed by atoms with Crippen molar-refractivity contribution < 1.29 is 4.79 Å². The van der Waals surface area contributed by atoms with Gasteiger partial charge in [0.05, 0.1) is 5.75 Å². The molecule has 0 bridgehead atoms. The Labute approximate surface area is 114 Å². The Morgan fingerprint density at radius 3 is 2.44 bits per heavy atom. The molecule has 0 radical (unpaired) electrons. The summed E-state index contributed by atoms with van der Waals surface area (Å²) in [6, 6.07) is 10.9. The third kappa shape index (κ3) is 3.29. The molecular weight excluding hydrogens is 242 g/mol. The molecule has 0 aromatic heterocycles. The average molecular weight is 263 g/mol. The van der Waals surface area contributed by atoms with Crippen molar-refractivity contribution in [1.82, 2.24) is 4.90 Å². The molecule has 0 unspecified atom stereocenters. The molecule has 1 heterocycles. The van der Waals surface area contributed by atoms with Crippen LogP contribution in [0.1, 0.15) is 33.1 Å². The van der Waals surface area contributed by atoms with Crippen molar-refractivity contribution in [2.75, 3.05) is 5.75 Å². The number of rotatable bonds is 3. The number of amides is 1. The summed E-state index contributed by atoms with van der Waals surface area (Å²) in [6.45, 7) is 4.33. The lowest BCUT2D eigenvalue weighted by Gasteiger charge is -2.39. The fraction of sp³-hybridized carbons (Fsp3) is 0.533. The summed E-state index contributed by atoms with van der Waals surface area (Å²) in [7, 11) is 0. The predicted molar refractivity (Wildman–Crippen MR) is 76.8 cm³/mol. The predicted octanol–water partition coefficient (Wildman–Crippen LogP) is 3.57. The van der Waals surface area contributed by atoms with E-state index in [1.807, 2.05) is 18.2 Å². The van der Waals surface area contributed by atoms with Crippen molar-refractivity contribution in [3.63, 3.8) is 0 Å². The molecule has 1 saturated heterocycles. The van der Waals surface area contributed by atoms with Gasteiger partial charge < -0.3 is 4.90 Å². The van der Waals surface area contributed by atoms with Crippen LogP contribution in [-0.2, 0) is 4.79 Å². The Kier molecular flexibility index (Phi) is 4.70. The Morgan fingerprint density at radius 1 is 1.22 bits per heavy atom. The lowest BCUT2D eigenvalue weighted by atomic mass is 9.98. The number of hydrogen-bond donors (Lipinski definition) is 0. The van der Waals surface area contributed by atoms with Crippen LogP contribution in [0.2, 0.25) is 0 Å². The van der Waals surface area contributed by atoms with Crippen LogP contribution in [0.4, 0.5) is 0 Å². The zero-order valence-electron chi connectivity index (χ0n) is 11.1.